The lowest BCUT2D eigenvalue weighted by Crippen LogP contribution is -2.11. The number of hydrogen-bond donors (Lipinski definition) is 1. The molecule has 6 rings (SSSR count). The van der Waals surface area contributed by atoms with E-state index < -0.39 is 5.76 Å². The molecule has 7 heteroatoms. The molecule has 37 heavy (non-hydrogen) atoms. The second-order valence-electron chi connectivity index (χ2n) is 9.54. The van der Waals surface area contributed by atoms with E-state index in [2.05, 4.69) is 71.0 Å². The van der Waals surface area contributed by atoms with Crippen LogP contribution in [0.4, 0.5) is 0 Å². The summed E-state index contributed by atoms with van der Waals surface area (Å²) in [5, 5.41) is 4.57. The number of aromatic amines is 1. The summed E-state index contributed by atoms with van der Waals surface area (Å²) in [5.41, 5.74) is 8.97. The molecule has 0 fully saturated rings. The van der Waals surface area contributed by atoms with Crippen LogP contribution in [0.1, 0.15) is 65.8 Å². The zero-order valence-corrected chi connectivity index (χ0v) is 21.5. The fourth-order valence-electron chi connectivity index (χ4n) is 5.47. The summed E-state index contributed by atoms with van der Waals surface area (Å²) in [4.78, 5) is 19.2. The van der Waals surface area contributed by atoms with E-state index in [1.165, 1.54) is 16.7 Å². The number of hydrogen-bond acceptors (Lipinski definition) is 4. The van der Waals surface area contributed by atoms with E-state index in [9.17, 15) is 4.79 Å². The van der Waals surface area contributed by atoms with Crippen LogP contribution in [-0.2, 0) is 19.3 Å². The van der Waals surface area contributed by atoms with E-state index >= 15 is 0 Å². The summed E-state index contributed by atoms with van der Waals surface area (Å²) in [7, 11) is 0. The Labute approximate surface area is 219 Å². The molecule has 0 radical (unpaired) electrons. The van der Waals surface area contributed by atoms with E-state index in [-0.39, 0.29) is 6.04 Å². The SMILES string of the molecule is CCCc1nc2c(Cl)cccc2n1C(C)c1ccc2c(c1)CCc1ccccc1/C2=C\c1noc(=O)[nH]1. The van der Waals surface area contributed by atoms with Gasteiger partial charge in [0.05, 0.1) is 16.6 Å². The molecule has 0 saturated heterocycles. The third kappa shape index (κ3) is 4.21. The first-order chi connectivity index (χ1) is 18.0. The van der Waals surface area contributed by atoms with Crippen molar-refractivity contribution in [1.29, 1.82) is 0 Å². The molecule has 186 valence electrons. The quantitative estimate of drug-likeness (QED) is 0.288. The van der Waals surface area contributed by atoms with Crippen molar-refractivity contribution >= 4 is 34.3 Å². The average molecular weight is 511 g/mol. The van der Waals surface area contributed by atoms with Gasteiger partial charge in [-0.2, -0.15) is 0 Å². The number of H-pyrrole nitrogens is 1. The highest BCUT2D eigenvalue weighted by atomic mass is 35.5. The van der Waals surface area contributed by atoms with Crippen molar-refractivity contribution in [2.24, 2.45) is 0 Å². The standard InChI is InChI=1S/C30H27ClN4O2/c1-3-7-28-33-29-25(31)10-6-11-26(29)35(28)18(2)20-14-15-23-21(16-20)13-12-19-8-4-5-9-22(19)24(23)17-27-32-30(36)37-34-27/h4-6,8-11,14-18H,3,7,12-13H2,1-2H3,(H,32,34,36)/b24-17+. The highest BCUT2D eigenvalue weighted by Crippen LogP contribution is 2.37. The van der Waals surface area contributed by atoms with Crippen LogP contribution in [0.3, 0.4) is 0 Å². The van der Waals surface area contributed by atoms with Crippen molar-refractivity contribution in [2.75, 3.05) is 0 Å². The van der Waals surface area contributed by atoms with E-state index in [1.54, 1.807) is 0 Å². The van der Waals surface area contributed by atoms with Gasteiger partial charge in [-0.3, -0.25) is 9.51 Å². The summed E-state index contributed by atoms with van der Waals surface area (Å²) < 4.78 is 7.08. The topological polar surface area (TPSA) is 76.7 Å². The normalized spacial score (nSPS) is 14.9. The first kappa shape index (κ1) is 23.5. The maximum atomic E-state index is 11.6. The summed E-state index contributed by atoms with van der Waals surface area (Å²) in [6.45, 7) is 4.40. The number of para-hydroxylation sites is 1. The minimum Gasteiger partial charge on any atom is -0.321 e. The number of aromatic nitrogens is 4. The van der Waals surface area contributed by atoms with Gasteiger partial charge < -0.3 is 4.57 Å². The van der Waals surface area contributed by atoms with Crippen LogP contribution in [0, 0.1) is 0 Å². The lowest BCUT2D eigenvalue weighted by Gasteiger charge is -2.20. The van der Waals surface area contributed by atoms with Gasteiger partial charge in [-0.15, -0.1) is 0 Å². The van der Waals surface area contributed by atoms with Gasteiger partial charge in [0.15, 0.2) is 5.82 Å². The molecule has 1 N–H and O–H groups in total. The first-order valence-corrected chi connectivity index (χ1v) is 13.1. The molecule has 1 atom stereocenters. The molecule has 6 nitrogen and oxygen atoms in total. The van der Waals surface area contributed by atoms with Crippen LogP contribution in [0.25, 0.3) is 22.7 Å². The summed E-state index contributed by atoms with van der Waals surface area (Å²) in [5.74, 6) is 0.899. The minimum absolute atomic E-state index is 0.0836. The number of imidazole rings is 1. The van der Waals surface area contributed by atoms with Gasteiger partial charge in [0, 0.05) is 6.42 Å². The predicted molar refractivity (Wildman–Crippen MR) is 147 cm³/mol. The maximum Gasteiger partial charge on any atom is 0.439 e. The molecule has 1 aliphatic rings. The highest BCUT2D eigenvalue weighted by Gasteiger charge is 2.22. The van der Waals surface area contributed by atoms with Gasteiger partial charge in [-0.05, 0) is 77.8 Å². The van der Waals surface area contributed by atoms with Gasteiger partial charge in [0.1, 0.15) is 11.3 Å². The number of rotatable bonds is 5. The molecule has 1 unspecified atom stereocenters. The molecule has 1 aliphatic carbocycles. The van der Waals surface area contributed by atoms with Crippen molar-refractivity contribution in [1.82, 2.24) is 19.7 Å². The summed E-state index contributed by atoms with van der Waals surface area (Å²) in [6, 6.07) is 21.2. The van der Waals surface area contributed by atoms with Crippen molar-refractivity contribution in [2.45, 2.75) is 45.6 Å². The third-order valence-electron chi connectivity index (χ3n) is 7.22. The monoisotopic (exact) mass is 510 g/mol. The van der Waals surface area contributed by atoms with Gasteiger partial charge in [0.2, 0.25) is 0 Å². The average Bonchev–Trinajstić information content (AvgIpc) is 3.45. The fraction of sp³-hybridized carbons (Fsp3) is 0.233. The minimum atomic E-state index is -0.561. The predicted octanol–water partition coefficient (Wildman–Crippen LogP) is 6.62. The number of nitrogens with one attached hydrogen (secondary N) is 1. The molecular weight excluding hydrogens is 484 g/mol. The van der Waals surface area contributed by atoms with Crippen LogP contribution in [0.15, 0.2) is 70.0 Å². The van der Waals surface area contributed by atoms with E-state index in [4.69, 9.17) is 21.1 Å². The number of fused-ring (bicyclic) bond motifs is 3. The zero-order chi connectivity index (χ0) is 25.5. The molecule has 0 aliphatic heterocycles. The lowest BCUT2D eigenvalue weighted by atomic mass is 9.91. The van der Waals surface area contributed by atoms with Crippen LogP contribution >= 0.6 is 11.6 Å². The number of nitrogens with zero attached hydrogens (tertiary/aromatic N) is 3. The van der Waals surface area contributed by atoms with Crippen molar-refractivity contribution < 1.29 is 4.52 Å². The lowest BCUT2D eigenvalue weighted by molar-refractivity contribution is 0.385. The molecule has 5 aromatic rings. The largest absolute Gasteiger partial charge is 0.439 e. The fourth-order valence-corrected chi connectivity index (χ4v) is 5.68. The molecule has 0 spiro atoms. The van der Waals surface area contributed by atoms with Crippen molar-refractivity contribution in [3.63, 3.8) is 0 Å². The molecular formula is C30H27ClN4O2. The highest BCUT2D eigenvalue weighted by molar-refractivity contribution is 6.34. The number of benzene rings is 3. The maximum absolute atomic E-state index is 11.6. The molecule has 2 aromatic heterocycles. The van der Waals surface area contributed by atoms with E-state index in [0.717, 1.165) is 59.2 Å². The van der Waals surface area contributed by atoms with Crippen LogP contribution < -0.4 is 5.76 Å². The summed E-state index contributed by atoms with van der Waals surface area (Å²) in [6.07, 6.45) is 5.64. The Morgan fingerprint density at radius 2 is 1.89 bits per heavy atom. The first-order valence-electron chi connectivity index (χ1n) is 12.7. The Morgan fingerprint density at radius 1 is 1.08 bits per heavy atom. The molecule has 3 aromatic carbocycles. The second kappa shape index (κ2) is 9.52. The van der Waals surface area contributed by atoms with Crippen molar-refractivity contribution in [3.05, 3.63) is 116 Å². The Bertz CT molecular complexity index is 1710. The Balaban J connectivity index is 1.48. The third-order valence-corrected chi connectivity index (χ3v) is 7.52. The summed E-state index contributed by atoms with van der Waals surface area (Å²) >= 11 is 6.52. The number of halogens is 1. The smallest absolute Gasteiger partial charge is 0.321 e. The van der Waals surface area contributed by atoms with E-state index in [1.807, 2.05) is 24.3 Å². The van der Waals surface area contributed by atoms with Gasteiger partial charge >= 0.3 is 5.76 Å². The molecule has 0 saturated carbocycles. The zero-order valence-electron chi connectivity index (χ0n) is 20.8. The van der Waals surface area contributed by atoms with Crippen molar-refractivity contribution in [3.8, 4) is 0 Å². The van der Waals surface area contributed by atoms with Crippen LogP contribution in [0.5, 0.6) is 0 Å². The Kier molecular flexibility index (Phi) is 6.05. The van der Waals surface area contributed by atoms with Gasteiger partial charge in [-0.25, -0.2) is 9.78 Å². The second-order valence-corrected chi connectivity index (χ2v) is 9.95. The Hall–Kier alpha value is -3.90. The number of aryl methyl sites for hydroxylation is 3. The molecule has 2 heterocycles. The molecule has 0 amide bonds. The van der Waals surface area contributed by atoms with Gasteiger partial charge in [0.25, 0.3) is 0 Å². The van der Waals surface area contributed by atoms with E-state index in [0.29, 0.717) is 10.8 Å². The Morgan fingerprint density at radius 3 is 2.70 bits per heavy atom. The molecule has 0 bridgehead atoms. The van der Waals surface area contributed by atoms with Crippen LogP contribution in [0.2, 0.25) is 5.02 Å². The van der Waals surface area contributed by atoms with Crippen LogP contribution in [-0.4, -0.2) is 19.7 Å². The van der Waals surface area contributed by atoms with Gasteiger partial charge in [-0.1, -0.05) is 72.2 Å².